The highest BCUT2D eigenvalue weighted by molar-refractivity contribution is 5.91. The molecule has 1 aromatic carbocycles. The quantitative estimate of drug-likeness (QED) is 0.400. The molecule has 8 heteroatoms. The maximum atomic E-state index is 13.2. The number of fused-ring (bicyclic) bond motifs is 5. The van der Waals surface area contributed by atoms with Crippen molar-refractivity contribution in [3.8, 4) is 17.1 Å². The van der Waals surface area contributed by atoms with Crippen LogP contribution in [0.15, 0.2) is 35.1 Å². The highest BCUT2D eigenvalue weighted by Gasteiger charge is 2.45. The lowest BCUT2D eigenvalue weighted by atomic mass is 9.86. The predicted octanol–water partition coefficient (Wildman–Crippen LogP) is 2.40. The fourth-order valence-corrected chi connectivity index (χ4v) is 4.26. The monoisotopic (exact) mass is 420 g/mol. The number of hydrogen-bond acceptors (Lipinski definition) is 7. The molecule has 0 bridgehead atoms. The number of cyclic esters (lactones) is 1. The number of aromatic nitrogens is 2. The number of esters is 2. The van der Waals surface area contributed by atoms with E-state index >= 15 is 0 Å². The van der Waals surface area contributed by atoms with Gasteiger partial charge in [-0.05, 0) is 30.7 Å². The number of nitrogens with zero attached hydrogens (tertiary/aromatic N) is 2. The van der Waals surface area contributed by atoms with E-state index in [9.17, 15) is 19.5 Å². The minimum atomic E-state index is -1.86. The lowest BCUT2D eigenvalue weighted by Gasteiger charge is -2.31. The molecule has 1 atom stereocenters. The zero-order valence-corrected chi connectivity index (χ0v) is 17.1. The van der Waals surface area contributed by atoms with Crippen LogP contribution in [0.4, 0.5) is 0 Å². The van der Waals surface area contributed by atoms with Gasteiger partial charge >= 0.3 is 11.9 Å². The molecule has 2 aliphatic rings. The number of aliphatic hydroxyl groups is 1. The van der Waals surface area contributed by atoms with Crippen molar-refractivity contribution in [3.63, 3.8) is 0 Å². The number of carbonyl (C=O) groups is 2. The SMILES string of the molecule is CCC(=O)Oc1cccc2nc3c(cc12)Cn1c-3cc2c(c1=O)COC(=O)[C@]2(O)CC. The molecule has 0 unspecified atom stereocenters. The first kappa shape index (κ1) is 19.4. The number of hydrogen-bond donors (Lipinski definition) is 1. The Hall–Kier alpha value is -3.52. The summed E-state index contributed by atoms with van der Waals surface area (Å²) in [7, 11) is 0. The first-order valence-corrected chi connectivity index (χ1v) is 10.2. The van der Waals surface area contributed by atoms with Gasteiger partial charge in [0, 0.05) is 22.9 Å². The lowest BCUT2D eigenvalue weighted by molar-refractivity contribution is -0.172. The van der Waals surface area contributed by atoms with Gasteiger partial charge in [0.2, 0.25) is 0 Å². The van der Waals surface area contributed by atoms with Crippen LogP contribution in [0.5, 0.6) is 5.75 Å². The van der Waals surface area contributed by atoms with E-state index in [1.54, 1.807) is 42.7 Å². The summed E-state index contributed by atoms with van der Waals surface area (Å²) < 4.78 is 12.1. The maximum absolute atomic E-state index is 13.2. The van der Waals surface area contributed by atoms with Crippen LogP contribution in [-0.4, -0.2) is 26.6 Å². The Labute approximate surface area is 177 Å². The zero-order chi connectivity index (χ0) is 21.9. The van der Waals surface area contributed by atoms with Crippen LogP contribution in [0.25, 0.3) is 22.3 Å². The predicted molar refractivity (Wildman–Crippen MR) is 110 cm³/mol. The molecule has 31 heavy (non-hydrogen) atoms. The summed E-state index contributed by atoms with van der Waals surface area (Å²) in [5, 5.41) is 11.6. The highest BCUT2D eigenvalue weighted by Crippen LogP contribution is 2.39. The topological polar surface area (TPSA) is 108 Å². The van der Waals surface area contributed by atoms with Gasteiger partial charge in [-0.2, -0.15) is 0 Å². The molecule has 3 aromatic rings. The van der Waals surface area contributed by atoms with E-state index in [4.69, 9.17) is 14.5 Å². The third-order valence-corrected chi connectivity index (χ3v) is 6.02. The Morgan fingerprint density at radius 3 is 2.84 bits per heavy atom. The molecule has 2 aromatic heterocycles. The van der Waals surface area contributed by atoms with Crippen molar-refractivity contribution in [3.05, 3.63) is 57.4 Å². The van der Waals surface area contributed by atoms with Crippen LogP contribution in [0, 0.1) is 0 Å². The van der Waals surface area contributed by atoms with E-state index in [0.717, 1.165) is 5.56 Å². The van der Waals surface area contributed by atoms with E-state index < -0.39 is 11.6 Å². The van der Waals surface area contributed by atoms with Crippen LogP contribution < -0.4 is 10.3 Å². The lowest BCUT2D eigenvalue weighted by Crippen LogP contribution is -2.44. The second-order valence-electron chi connectivity index (χ2n) is 7.75. The molecule has 0 saturated heterocycles. The van der Waals surface area contributed by atoms with Crippen molar-refractivity contribution in [1.29, 1.82) is 0 Å². The van der Waals surface area contributed by atoms with E-state index in [2.05, 4.69) is 0 Å². The Morgan fingerprint density at radius 1 is 1.29 bits per heavy atom. The number of carbonyl (C=O) groups excluding carboxylic acids is 2. The van der Waals surface area contributed by atoms with Crippen molar-refractivity contribution in [2.75, 3.05) is 0 Å². The summed E-state index contributed by atoms with van der Waals surface area (Å²) in [6, 6.07) is 8.81. The third kappa shape index (κ3) is 2.71. The van der Waals surface area contributed by atoms with Gasteiger partial charge in [-0.15, -0.1) is 0 Å². The zero-order valence-electron chi connectivity index (χ0n) is 17.1. The fraction of sp³-hybridized carbons (Fsp3) is 0.304. The molecule has 0 amide bonds. The minimum absolute atomic E-state index is 0.0892. The van der Waals surface area contributed by atoms with Crippen LogP contribution >= 0.6 is 0 Å². The van der Waals surface area contributed by atoms with Crippen LogP contribution in [0.1, 0.15) is 43.4 Å². The van der Waals surface area contributed by atoms with Crippen molar-refractivity contribution < 1.29 is 24.2 Å². The molecular weight excluding hydrogens is 400 g/mol. The van der Waals surface area contributed by atoms with Gasteiger partial charge in [-0.1, -0.05) is 19.9 Å². The van der Waals surface area contributed by atoms with Gasteiger partial charge in [0.25, 0.3) is 5.56 Å². The molecule has 0 radical (unpaired) electrons. The summed E-state index contributed by atoms with van der Waals surface area (Å²) in [6.45, 7) is 3.51. The highest BCUT2D eigenvalue weighted by atomic mass is 16.6. The molecule has 2 aliphatic heterocycles. The van der Waals surface area contributed by atoms with E-state index in [1.807, 2.05) is 6.07 Å². The third-order valence-electron chi connectivity index (χ3n) is 6.02. The van der Waals surface area contributed by atoms with Gasteiger partial charge in [-0.3, -0.25) is 9.59 Å². The Morgan fingerprint density at radius 2 is 2.10 bits per heavy atom. The first-order chi connectivity index (χ1) is 14.9. The molecule has 0 aliphatic carbocycles. The molecule has 0 saturated carbocycles. The van der Waals surface area contributed by atoms with Gasteiger partial charge in [0.15, 0.2) is 5.60 Å². The Balaban J connectivity index is 1.71. The molecule has 4 heterocycles. The van der Waals surface area contributed by atoms with Gasteiger partial charge in [0.1, 0.15) is 12.4 Å². The number of benzene rings is 1. The van der Waals surface area contributed by atoms with Crippen LogP contribution in [0.3, 0.4) is 0 Å². The molecular formula is C23H20N2O6. The minimum Gasteiger partial charge on any atom is -0.458 e. The van der Waals surface area contributed by atoms with Crippen molar-refractivity contribution in [1.82, 2.24) is 9.55 Å². The van der Waals surface area contributed by atoms with E-state index in [-0.39, 0.29) is 48.6 Å². The molecule has 0 spiro atoms. The van der Waals surface area contributed by atoms with Crippen molar-refractivity contribution in [2.45, 2.75) is 45.4 Å². The van der Waals surface area contributed by atoms with Crippen LogP contribution in [-0.2, 0) is 33.1 Å². The number of ether oxygens (including phenoxy) is 2. The first-order valence-electron chi connectivity index (χ1n) is 10.2. The van der Waals surface area contributed by atoms with Crippen molar-refractivity contribution in [2.24, 2.45) is 0 Å². The average Bonchev–Trinajstić information content (AvgIpc) is 3.13. The number of rotatable bonds is 3. The summed E-state index contributed by atoms with van der Waals surface area (Å²) in [5.41, 5.74) is 0.936. The standard InChI is InChI=1S/C23H20N2O6/c1-3-19(26)31-18-7-5-6-16-13(18)8-12-10-25-17(20(12)24-16)9-15-14(21(25)27)11-30-22(28)23(15,29)4-2/h5-9,29H,3-4,10-11H2,1-2H3/t23-/m0/s1. The Bertz CT molecular complexity index is 1340. The largest absolute Gasteiger partial charge is 0.458 e. The van der Waals surface area contributed by atoms with E-state index in [1.165, 1.54) is 0 Å². The Kier molecular flexibility index (Phi) is 4.23. The van der Waals surface area contributed by atoms with Crippen molar-refractivity contribution >= 4 is 22.8 Å². The second-order valence-corrected chi connectivity index (χ2v) is 7.75. The second kappa shape index (κ2) is 6.75. The van der Waals surface area contributed by atoms with Crippen LogP contribution in [0.2, 0.25) is 0 Å². The molecule has 5 rings (SSSR count). The smallest absolute Gasteiger partial charge is 0.343 e. The summed E-state index contributed by atoms with van der Waals surface area (Å²) in [6.07, 6.45) is 0.341. The number of pyridine rings is 2. The molecule has 1 N–H and O–H groups in total. The fourth-order valence-electron chi connectivity index (χ4n) is 4.26. The molecule has 158 valence electrons. The van der Waals surface area contributed by atoms with E-state index in [0.29, 0.717) is 28.0 Å². The normalized spacial score (nSPS) is 18.9. The molecule has 8 nitrogen and oxygen atoms in total. The molecule has 0 fully saturated rings. The van der Waals surface area contributed by atoms with Gasteiger partial charge < -0.3 is 19.1 Å². The maximum Gasteiger partial charge on any atom is 0.343 e. The summed E-state index contributed by atoms with van der Waals surface area (Å²) in [4.78, 5) is 42.0. The van der Waals surface area contributed by atoms with Gasteiger partial charge in [-0.25, -0.2) is 9.78 Å². The summed E-state index contributed by atoms with van der Waals surface area (Å²) >= 11 is 0. The average molecular weight is 420 g/mol. The van der Waals surface area contributed by atoms with Gasteiger partial charge in [0.05, 0.1) is 29.0 Å². The summed E-state index contributed by atoms with van der Waals surface area (Å²) in [5.74, 6) is -0.677.